The van der Waals surface area contributed by atoms with E-state index in [0.717, 1.165) is 24.8 Å². The minimum atomic E-state index is 0.494. The van der Waals surface area contributed by atoms with Crippen LogP contribution in [0.3, 0.4) is 0 Å². The van der Waals surface area contributed by atoms with Crippen LogP contribution in [0.5, 0.6) is 0 Å². The molecule has 1 unspecified atom stereocenters. The maximum atomic E-state index is 5.23. The van der Waals surface area contributed by atoms with Crippen molar-refractivity contribution in [1.82, 2.24) is 10.3 Å². The van der Waals surface area contributed by atoms with Gasteiger partial charge in [-0.2, -0.15) is 0 Å². The molecule has 0 amide bonds. The fraction of sp³-hybridized carbons (Fsp3) is 0.615. The van der Waals surface area contributed by atoms with Crippen molar-refractivity contribution >= 4 is 0 Å². The topological polar surface area (TPSA) is 34.1 Å². The largest absolute Gasteiger partial charge is 0.383 e. The summed E-state index contributed by atoms with van der Waals surface area (Å²) in [7, 11) is 1.77. The summed E-state index contributed by atoms with van der Waals surface area (Å²) >= 11 is 0. The van der Waals surface area contributed by atoms with Crippen LogP contribution >= 0.6 is 0 Å². The van der Waals surface area contributed by atoms with Crippen LogP contribution in [0.1, 0.15) is 24.1 Å². The fourth-order valence-corrected chi connectivity index (χ4v) is 1.88. The highest BCUT2D eigenvalue weighted by Crippen LogP contribution is 2.32. The van der Waals surface area contributed by atoms with Crippen LogP contribution in [0, 0.1) is 12.8 Å². The SMILES string of the molecule is COCC(NCc1ccc(C)cn1)C1CC1. The van der Waals surface area contributed by atoms with Crippen LogP contribution in [0.15, 0.2) is 18.3 Å². The second-order valence-corrected chi connectivity index (χ2v) is 4.61. The molecule has 1 aromatic heterocycles. The summed E-state index contributed by atoms with van der Waals surface area (Å²) in [4.78, 5) is 4.39. The number of nitrogens with zero attached hydrogens (tertiary/aromatic N) is 1. The van der Waals surface area contributed by atoms with Gasteiger partial charge in [0, 0.05) is 25.9 Å². The molecule has 16 heavy (non-hydrogen) atoms. The van der Waals surface area contributed by atoms with Crippen molar-refractivity contribution in [2.75, 3.05) is 13.7 Å². The summed E-state index contributed by atoms with van der Waals surface area (Å²) in [6, 6.07) is 4.68. The van der Waals surface area contributed by atoms with Crippen LogP contribution in [0.25, 0.3) is 0 Å². The molecule has 1 fully saturated rings. The number of pyridine rings is 1. The lowest BCUT2D eigenvalue weighted by molar-refractivity contribution is 0.157. The molecule has 1 aliphatic carbocycles. The van der Waals surface area contributed by atoms with Crippen LogP contribution in [0.4, 0.5) is 0 Å². The second-order valence-electron chi connectivity index (χ2n) is 4.61. The third-order valence-electron chi connectivity index (χ3n) is 3.06. The van der Waals surface area contributed by atoms with Crippen LogP contribution in [-0.2, 0) is 11.3 Å². The van der Waals surface area contributed by atoms with Gasteiger partial charge in [-0.05, 0) is 37.3 Å². The van der Waals surface area contributed by atoms with Crippen molar-refractivity contribution in [2.24, 2.45) is 5.92 Å². The molecule has 0 saturated heterocycles. The first-order chi connectivity index (χ1) is 7.79. The first-order valence-electron chi connectivity index (χ1n) is 5.93. The number of ether oxygens (including phenoxy) is 1. The van der Waals surface area contributed by atoms with Gasteiger partial charge >= 0.3 is 0 Å². The molecule has 3 nitrogen and oxygen atoms in total. The highest BCUT2D eigenvalue weighted by Gasteiger charge is 2.30. The van der Waals surface area contributed by atoms with E-state index in [1.807, 2.05) is 6.20 Å². The van der Waals surface area contributed by atoms with E-state index in [9.17, 15) is 0 Å². The van der Waals surface area contributed by atoms with E-state index in [4.69, 9.17) is 4.74 Å². The zero-order valence-corrected chi connectivity index (χ0v) is 10.1. The van der Waals surface area contributed by atoms with Crippen molar-refractivity contribution in [3.8, 4) is 0 Å². The summed E-state index contributed by atoms with van der Waals surface area (Å²) in [6.45, 7) is 3.70. The number of aryl methyl sites for hydroxylation is 1. The van der Waals surface area contributed by atoms with Crippen LogP contribution in [-0.4, -0.2) is 24.7 Å². The number of hydrogen-bond acceptors (Lipinski definition) is 3. The molecule has 88 valence electrons. The molecule has 3 heteroatoms. The Bertz CT molecular complexity index is 319. The van der Waals surface area contributed by atoms with E-state index < -0.39 is 0 Å². The Hall–Kier alpha value is -0.930. The molecule has 2 rings (SSSR count). The predicted octanol–water partition coefficient (Wildman–Crippen LogP) is 1.90. The van der Waals surface area contributed by atoms with Crippen molar-refractivity contribution in [3.05, 3.63) is 29.6 Å². The maximum absolute atomic E-state index is 5.23. The minimum absolute atomic E-state index is 0.494. The van der Waals surface area contributed by atoms with Gasteiger partial charge in [-0.1, -0.05) is 6.07 Å². The standard InChI is InChI=1S/C13H20N2O/c1-10-3-6-12(14-7-10)8-15-13(9-16-2)11-4-5-11/h3,6-7,11,13,15H,4-5,8-9H2,1-2H3. The van der Waals surface area contributed by atoms with Gasteiger partial charge in [0.2, 0.25) is 0 Å². The van der Waals surface area contributed by atoms with Gasteiger partial charge in [0.05, 0.1) is 12.3 Å². The van der Waals surface area contributed by atoms with E-state index in [1.54, 1.807) is 7.11 Å². The van der Waals surface area contributed by atoms with Crippen LogP contribution in [0.2, 0.25) is 0 Å². The number of rotatable bonds is 6. The van der Waals surface area contributed by atoms with E-state index in [-0.39, 0.29) is 0 Å². The molecule has 1 aliphatic rings. The molecule has 0 radical (unpaired) electrons. The molecule has 1 heterocycles. The van der Waals surface area contributed by atoms with Crippen LogP contribution < -0.4 is 5.32 Å². The number of nitrogens with one attached hydrogen (secondary N) is 1. The summed E-state index contributed by atoms with van der Waals surface area (Å²) in [5, 5.41) is 3.53. The van der Waals surface area contributed by atoms with Gasteiger partial charge in [0.1, 0.15) is 0 Å². The number of hydrogen-bond donors (Lipinski definition) is 1. The number of aromatic nitrogens is 1. The summed E-state index contributed by atoms with van der Waals surface area (Å²) in [5.41, 5.74) is 2.31. The lowest BCUT2D eigenvalue weighted by Gasteiger charge is -2.16. The maximum Gasteiger partial charge on any atom is 0.0618 e. The summed E-state index contributed by atoms with van der Waals surface area (Å²) < 4.78 is 5.23. The third kappa shape index (κ3) is 3.29. The first kappa shape index (κ1) is 11.6. The minimum Gasteiger partial charge on any atom is -0.383 e. The Morgan fingerprint density at radius 3 is 2.88 bits per heavy atom. The van der Waals surface area contributed by atoms with Gasteiger partial charge in [-0.25, -0.2) is 0 Å². The molecular weight excluding hydrogens is 200 g/mol. The highest BCUT2D eigenvalue weighted by molar-refractivity contribution is 5.12. The molecule has 1 N–H and O–H groups in total. The third-order valence-corrected chi connectivity index (χ3v) is 3.06. The lowest BCUT2D eigenvalue weighted by atomic mass is 10.2. The van der Waals surface area contributed by atoms with E-state index in [0.29, 0.717) is 6.04 Å². The van der Waals surface area contributed by atoms with E-state index >= 15 is 0 Å². The predicted molar refractivity (Wildman–Crippen MR) is 64.2 cm³/mol. The van der Waals surface area contributed by atoms with Crippen molar-refractivity contribution in [2.45, 2.75) is 32.4 Å². The van der Waals surface area contributed by atoms with Crippen molar-refractivity contribution in [3.63, 3.8) is 0 Å². The smallest absolute Gasteiger partial charge is 0.0618 e. The van der Waals surface area contributed by atoms with Gasteiger partial charge in [-0.3, -0.25) is 4.98 Å². The molecule has 1 atom stereocenters. The van der Waals surface area contributed by atoms with Gasteiger partial charge < -0.3 is 10.1 Å². The quantitative estimate of drug-likeness (QED) is 0.795. The Morgan fingerprint density at radius 2 is 2.31 bits per heavy atom. The molecule has 0 spiro atoms. The molecule has 1 saturated carbocycles. The normalized spacial score (nSPS) is 17.4. The average Bonchev–Trinajstić information content (AvgIpc) is 3.10. The van der Waals surface area contributed by atoms with Crippen molar-refractivity contribution < 1.29 is 4.74 Å². The Morgan fingerprint density at radius 1 is 1.50 bits per heavy atom. The summed E-state index contributed by atoms with van der Waals surface area (Å²) in [5.74, 6) is 0.811. The molecular formula is C13H20N2O. The monoisotopic (exact) mass is 220 g/mol. The zero-order chi connectivity index (χ0) is 11.4. The summed E-state index contributed by atoms with van der Waals surface area (Å²) in [6.07, 6.45) is 4.59. The van der Waals surface area contributed by atoms with E-state index in [1.165, 1.54) is 18.4 Å². The van der Waals surface area contributed by atoms with Gasteiger partial charge in [0.15, 0.2) is 0 Å². The Kier molecular flexibility index (Phi) is 3.91. The average molecular weight is 220 g/mol. The first-order valence-corrected chi connectivity index (χ1v) is 5.93. The molecule has 0 aliphatic heterocycles. The molecule has 0 bridgehead atoms. The molecule has 0 aromatic carbocycles. The van der Waals surface area contributed by atoms with Gasteiger partial charge in [-0.15, -0.1) is 0 Å². The van der Waals surface area contributed by atoms with Crippen molar-refractivity contribution in [1.29, 1.82) is 0 Å². The Balaban J connectivity index is 1.82. The molecule has 1 aromatic rings. The fourth-order valence-electron chi connectivity index (χ4n) is 1.88. The van der Waals surface area contributed by atoms with Gasteiger partial charge in [0.25, 0.3) is 0 Å². The van der Waals surface area contributed by atoms with E-state index in [2.05, 4.69) is 29.4 Å². The Labute approximate surface area is 97.2 Å². The lowest BCUT2D eigenvalue weighted by Crippen LogP contribution is -2.34. The zero-order valence-electron chi connectivity index (χ0n) is 10.1. The number of methoxy groups -OCH3 is 1. The highest BCUT2D eigenvalue weighted by atomic mass is 16.5. The second kappa shape index (κ2) is 5.41.